The molecule has 1 aromatic carbocycles. The molecule has 3 saturated heterocycles. The maximum Gasteiger partial charge on any atom is 0.213 e. The van der Waals surface area contributed by atoms with Crippen molar-refractivity contribution in [2.45, 2.75) is 84.2 Å². The molecule has 0 bridgehead atoms. The fraction of sp³-hybridized carbons (Fsp3) is 0.656. The molecule has 0 saturated carbocycles. The van der Waals surface area contributed by atoms with Gasteiger partial charge in [0.05, 0.1) is 18.8 Å². The first-order valence-electron chi connectivity index (χ1n) is 15.1. The number of aliphatic hydroxyl groups excluding tert-OH is 2. The fourth-order valence-electron chi connectivity index (χ4n) is 6.17. The first kappa shape index (κ1) is 30.7. The van der Waals surface area contributed by atoms with Crippen LogP contribution >= 0.6 is 0 Å². The number of hydrogen-bond acceptors (Lipinski definition) is 8. The molecule has 1 spiro atoms. The lowest BCUT2D eigenvalue weighted by Crippen LogP contribution is -2.41. The van der Waals surface area contributed by atoms with Gasteiger partial charge >= 0.3 is 0 Å². The lowest BCUT2D eigenvalue weighted by Gasteiger charge is -2.38. The van der Waals surface area contributed by atoms with Gasteiger partial charge in [-0.15, -0.1) is 0 Å². The highest BCUT2D eigenvalue weighted by atomic mass is 16.7. The number of likely N-dealkylation sites (tertiary alicyclic amines) is 1. The Bertz CT molecular complexity index is 1050. The van der Waals surface area contributed by atoms with E-state index in [0.29, 0.717) is 29.5 Å². The van der Waals surface area contributed by atoms with Crippen LogP contribution in [0.4, 0.5) is 0 Å². The van der Waals surface area contributed by atoms with Gasteiger partial charge in [-0.05, 0) is 80.3 Å². The van der Waals surface area contributed by atoms with Crippen LogP contribution in [0, 0.1) is 23.7 Å². The second kappa shape index (κ2) is 14.1. The molecule has 0 aliphatic carbocycles. The molecule has 0 aromatic heterocycles. The fourth-order valence-corrected chi connectivity index (χ4v) is 6.17. The third kappa shape index (κ3) is 8.17. The monoisotopic (exact) mass is 554 g/mol. The van der Waals surface area contributed by atoms with Crippen molar-refractivity contribution in [1.29, 1.82) is 5.41 Å². The van der Waals surface area contributed by atoms with Gasteiger partial charge in [0.2, 0.25) is 12.2 Å². The highest BCUT2D eigenvalue weighted by Gasteiger charge is 2.36. The zero-order chi connectivity index (χ0) is 28.7. The SMILES string of the molecule is Cc1cc(/C=C/CCN2CCC3(CCNC3)CC2)ccc1C/C(C(=N)OC1CC(O)CC(CO)O1)=C(/N)C(C)C. The average molecular weight is 555 g/mol. The number of ether oxygens (including phenoxy) is 2. The minimum Gasteiger partial charge on any atom is -0.448 e. The first-order chi connectivity index (χ1) is 19.2. The van der Waals surface area contributed by atoms with E-state index in [1.54, 1.807) is 0 Å². The van der Waals surface area contributed by atoms with Crippen LogP contribution in [-0.4, -0.2) is 78.8 Å². The second-order valence-electron chi connectivity index (χ2n) is 12.4. The smallest absolute Gasteiger partial charge is 0.213 e. The molecule has 8 heteroatoms. The van der Waals surface area contributed by atoms with E-state index in [1.807, 2.05) is 13.8 Å². The summed E-state index contributed by atoms with van der Waals surface area (Å²) in [4.78, 5) is 2.61. The predicted molar refractivity (Wildman–Crippen MR) is 160 cm³/mol. The summed E-state index contributed by atoms with van der Waals surface area (Å²) in [6, 6.07) is 6.42. The quantitative estimate of drug-likeness (QED) is 0.221. The number of aryl methyl sites for hydroxylation is 1. The topological polar surface area (TPSA) is 124 Å². The molecule has 3 aliphatic heterocycles. The van der Waals surface area contributed by atoms with Crippen LogP contribution < -0.4 is 11.1 Å². The van der Waals surface area contributed by atoms with E-state index in [0.717, 1.165) is 24.1 Å². The highest BCUT2D eigenvalue weighted by molar-refractivity contribution is 5.92. The molecule has 40 heavy (non-hydrogen) atoms. The molecule has 0 radical (unpaired) electrons. The number of piperidine rings is 1. The molecular weight excluding hydrogens is 504 g/mol. The molecule has 6 N–H and O–H groups in total. The maximum atomic E-state index is 10.1. The number of aliphatic hydroxyl groups is 2. The van der Waals surface area contributed by atoms with Gasteiger partial charge < -0.3 is 35.6 Å². The minimum absolute atomic E-state index is 0.0433. The van der Waals surface area contributed by atoms with Gasteiger partial charge in [0.25, 0.3) is 0 Å². The molecule has 222 valence electrons. The van der Waals surface area contributed by atoms with Crippen LogP contribution in [0.3, 0.4) is 0 Å². The largest absolute Gasteiger partial charge is 0.448 e. The number of allylic oxidation sites excluding steroid dienone is 1. The maximum absolute atomic E-state index is 10.1. The minimum atomic E-state index is -0.789. The van der Waals surface area contributed by atoms with Crippen molar-refractivity contribution in [2.75, 3.05) is 39.3 Å². The lowest BCUT2D eigenvalue weighted by molar-refractivity contribution is -0.190. The molecule has 3 aliphatic rings. The summed E-state index contributed by atoms with van der Waals surface area (Å²) < 4.78 is 11.6. The number of nitrogens with two attached hydrogens (primary N) is 1. The van der Waals surface area contributed by atoms with Crippen molar-refractivity contribution in [2.24, 2.45) is 17.1 Å². The summed E-state index contributed by atoms with van der Waals surface area (Å²) in [6.45, 7) is 11.8. The Balaban J connectivity index is 1.32. The highest BCUT2D eigenvalue weighted by Crippen LogP contribution is 2.36. The summed E-state index contributed by atoms with van der Waals surface area (Å²) in [7, 11) is 0. The van der Waals surface area contributed by atoms with Crippen LogP contribution in [-0.2, 0) is 15.9 Å². The molecule has 4 rings (SSSR count). The van der Waals surface area contributed by atoms with Gasteiger partial charge in [0.1, 0.15) is 0 Å². The normalized spacial score (nSPS) is 26.0. The second-order valence-corrected chi connectivity index (χ2v) is 12.4. The van der Waals surface area contributed by atoms with Crippen molar-refractivity contribution in [3.63, 3.8) is 0 Å². The van der Waals surface area contributed by atoms with Crippen LogP contribution in [0.1, 0.15) is 69.1 Å². The third-order valence-corrected chi connectivity index (χ3v) is 8.95. The summed E-state index contributed by atoms with van der Waals surface area (Å²) in [5, 5.41) is 31.8. The van der Waals surface area contributed by atoms with E-state index in [1.165, 1.54) is 51.0 Å². The third-order valence-electron chi connectivity index (χ3n) is 8.95. The van der Waals surface area contributed by atoms with Crippen molar-refractivity contribution >= 4 is 12.0 Å². The summed E-state index contributed by atoms with van der Waals surface area (Å²) in [5.74, 6) is 0.00276. The Morgan fingerprint density at radius 1 is 1.27 bits per heavy atom. The van der Waals surface area contributed by atoms with E-state index >= 15 is 0 Å². The zero-order valence-electron chi connectivity index (χ0n) is 24.6. The van der Waals surface area contributed by atoms with Crippen molar-refractivity contribution in [1.82, 2.24) is 10.2 Å². The Morgan fingerprint density at radius 3 is 2.70 bits per heavy atom. The van der Waals surface area contributed by atoms with Crippen molar-refractivity contribution in [3.05, 3.63) is 52.2 Å². The van der Waals surface area contributed by atoms with Gasteiger partial charge in [-0.3, -0.25) is 5.41 Å². The van der Waals surface area contributed by atoms with E-state index < -0.39 is 18.5 Å². The summed E-state index contributed by atoms with van der Waals surface area (Å²) in [6.07, 6.45) is 8.68. The molecule has 3 atom stereocenters. The van der Waals surface area contributed by atoms with Crippen LogP contribution in [0.25, 0.3) is 6.08 Å². The average Bonchev–Trinajstić information content (AvgIpc) is 3.38. The van der Waals surface area contributed by atoms with Gasteiger partial charge in [0, 0.05) is 43.6 Å². The molecular formula is C32H50N4O4. The Hall–Kier alpha value is -2.23. The first-order valence-corrected chi connectivity index (χ1v) is 15.1. The Morgan fingerprint density at radius 2 is 2.05 bits per heavy atom. The van der Waals surface area contributed by atoms with E-state index in [9.17, 15) is 10.2 Å². The van der Waals surface area contributed by atoms with E-state index in [-0.39, 0.29) is 24.8 Å². The van der Waals surface area contributed by atoms with Crippen LogP contribution in [0.2, 0.25) is 0 Å². The summed E-state index contributed by atoms with van der Waals surface area (Å²) >= 11 is 0. The van der Waals surface area contributed by atoms with Crippen LogP contribution in [0.15, 0.2) is 35.5 Å². The van der Waals surface area contributed by atoms with Crippen molar-refractivity contribution in [3.8, 4) is 0 Å². The standard InChI is InChI=1S/C32H50N4O4/c1-22(2)30(33)28(31(34)40-29-19-26(38)18-27(20-37)39-29)17-25-8-7-24(16-23(25)3)6-4-5-13-36-14-10-32(11-15-36)9-12-35-21-32/h4,6-8,16,22,26-27,29,34-35,37-38H,5,9-15,17-21,33H2,1-3H3/b6-4+,30-28-,34-31?. The number of benzene rings is 1. The van der Waals surface area contributed by atoms with Gasteiger partial charge in [-0.1, -0.05) is 44.2 Å². The van der Waals surface area contributed by atoms with Gasteiger partial charge in [0.15, 0.2) is 0 Å². The molecule has 1 aromatic rings. The van der Waals surface area contributed by atoms with Gasteiger partial charge in [-0.2, -0.15) is 0 Å². The lowest BCUT2D eigenvalue weighted by atomic mass is 9.78. The number of rotatable bonds is 10. The number of nitrogens with zero attached hydrogens (tertiary/aromatic N) is 1. The number of hydrogen-bond donors (Lipinski definition) is 5. The zero-order valence-corrected chi connectivity index (χ0v) is 24.6. The van der Waals surface area contributed by atoms with E-state index in [2.05, 4.69) is 47.5 Å². The molecule has 3 fully saturated rings. The molecule has 8 nitrogen and oxygen atoms in total. The van der Waals surface area contributed by atoms with E-state index in [4.69, 9.17) is 20.6 Å². The van der Waals surface area contributed by atoms with Crippen molar-refractivity contribution < 1.29 is 19.7 Å². The Kier molecular flexibility index (Phi) is 10.8. The predicted octanol–water partition coefficient (Wildman–Crippen LogP) is 3.74. The molecule has 0 amide bonds. The Labute approximate surface area is 240 Å². The molecule has 3 unspecified atom stereocenters. The molecule has 3 heterocycles. The number of nitrogens with one attached hydrogen (secondary N) is 2. The van der Waals surface area contributed by atoms with Gasteiger partial charge in [-0.25, -0.2) is 0 Å². The summed E-state index contributed by atoms with van der Waals surface area (Å²) in [5.41, 5.74) is 11.7. The van der Waals surface area contributed by atoms with Crippen LogP contribution in [0.5, 0.6) is 0 Å².